The van der Waals surface area contributed by atoms with E-state index in [4.69, 9.17) is 0 Å². The van der Waals surface area contributed by atoms with Gasteiger partial charge in [0.1, 0.15) is 5.82 Å². The molecule has 2 N–H and O–H groups in total. The van der Waals surface area contributed by atoms with E-state index in [1.807, 2.05) is 24.4 Å². The second-order valence-corrected chi connectivity index (χ2v) is 4.88. The summed E-state index contributed by atoms with van der Waals surface area (Å²) in [6.45, 7) is 0.540. The van der Waals surface area contributed by atoms with Gasteiger partial charge in [0.15, 0.2) is 0 Å². The van der Waals surface area contributed by atoms with Crippen LogP contribution in [-0.2, 0) is 6.42 Å². The highest BCUT2D eigenvalue weighted by molar-refractivity contribution is 5.94. The second kappa shape index (κ2) is 5.79. The minimum Gasteiger partial charge on any atom is -0.361 e. The number of hydrogen-bond donors (Lipinski definition) is 2. The fourth-order valence-electron chi connectivity index (χ4n) is 2.37. The molecule has 3 rings (SSSR count). The molecule has 3 nitrogen and oxygen atoms in total. The van der Waals surface area contributed by atoms with Crippen LogP contribution in [0, 0.1) is 5.82 Å². The number of amides is 1. The molecule has 4 heteroatoms. The van der Waals surface area contributed by atoms with E-state index in [0.29, 0.717) is 18.5 Å². The van der Waals surface area contributed by atoms with Gasteiger partial charge in [-0.1, -0.05) is 18.2 Å². The molecule has 106 valence electrons. The standard InChI is InChI=1S/C17H15FN2O/c18-14-6-7-15-13(11-20-16(15)10-14)8-9-19-17(21)12-4-2-1-3-5-12/h1-7,10-11,20H,8-9H2,(H,19,21). The van der Waals surface area contributed by atoms with Crippen LogP contribution in [0.5, 0.6) is 0 Å². The number of aromatic nitrogens is 1. The third-order valence-electron chi connectivity index (χ3n) is 3.45. The van der Waals surface area contributed by atoms with Crippen LogP contribution in [0.2, 0.25) is 0 Å². The number of benzene rings is 2. The van der Waals surface area contributed by atoms with E-state index in [-0.39, 0.29) is 11.7 Å². The topological polar surface area (TPSA) is 44.9 Å². The van der Waals surface area contributed by atoms with Crippen molar-refractivity contribution in [3.05, 3.63) is 71.7 Å². The van der Waals surface area contributed by atoms with Crippen molar-refractivity contribution in [1.29, 1.82) is 0 Å². The third-order valence-corrected chi connectivity index (χ3v) is 3.45. The molecule has 21 heavy (non-hydrogen) atoms. The van der Waals surface area contributed by atoms with E-state index in [1.165, 1.54) is 12.1 Å². The number of aromatic amines is 1. The van der Waals surface area contributed by atoms with Gasteiger partial charge in [0.25, 0.3) is 5.91 Å². The van der Waals surface area contributed by atoms with Crippen LogP contribution in [-0.4, -0.2) is 17.4 Å². The molecule has 0 saturated heterocycles. The zero-order chi connectivity index (χ0) is 14.7. The molecular weight excluding hydrogens is 267 g/mol. The highest BCUT2D eigenvalue weighted by atomic mass is 19.1. The number of nitrogens with one attached hydrogen (secondary N) is 2. The number of carbonyl (C=O) groups excluding carboxylic acids is 1. The number of carbonyl (C=O) groups is 1. The average molecular weight is 282 g/mol. The van der Waals surface area contributed by atoms with Crippen LogP contribution in [0.15, 0.2) is 54.7 Å². The Morgan fingerprint density at radius 2 is 1.95 bits per heavy atom. The Labute approximate surface area is 121 Å². The van der Waals surface area contributed by atoms with Crippen LogP contribution in [0.25, 0.3) is 10.9 Å². The lowest BCUT2D eigenvalue weighted by Gasteiger charge is -2.04. The molecule has 1 amide bonds. The van der Waals surface area contributed by atoms with E-state index < -0.39 is 0 Å². The fourth-order valence-corrected chi connectivity index (χ4v) is 2.37. The number of hydrogen-bond acceptors (Lipinski definition) is 1. The maximum absolute atomic E-state index is 13.1. The summed E-state index contributed by atoms with van der Waals surface area (Å²) in [6, 6.07) is 13.8. The van der Waals surface area contributed by atoms with Crippen LogP contribution in [0.1, 0.15) is 15.9 Å². The second-order valence-electron chi connectivity index (χ2n) is 4.88. The molecule has 0 radical (unpaired) electrons. The molecule has 1 aromatic heterocycles. The van der Waals surface area contributed by atoms with E-state index in [0.717, 1.165) is 16.5 Å². The van der Waals surface area contributed by atoms with E-state index in [1.54, 1.807) is 18.2 Å². The van der Waals surface area contributed by atoms with Crippen molar-refractivity contribution >= 4 is 16.8 Å². The highest BCUT2D eigenvalue weighted by Crippen LogP contribution is 2.19. The van der Waals surface area contributed by atoms with Crippen molar-refractivity contribution < 1.29 is 9.18 Å². The van der Waals surface area contributed by atoms with Gasteiger partial charge in [0.2, 0.25) is 0 Å². The normalized spacial score (nSPS) is 10.7. The quantitative estimate of drug-likeness (QED) is 0.758. The number of halogens is 1. The zero-order valence-electron chi connectivity index (χ0n) is 11.4. The molecule has 1 heterocycles. The summed E-state index contributed by atoms with van der Waals surface area (Å²) in [5, 5.41) is 3.88. The first-order valence-electron chi connectivity index (χ1n) is 6.83. The summed E-state index contributed by atoms with van der Waals surface area (Å²) in [5.74, 6) is -0.338. The molecule has 0 atom stereocenters. The van der Waals surface area contributed by atoms with Crippen molar-refractivity contribution in [3.63, 3.8) is 0 Å². The van der Waals surface area contributed by atoms with Gasteiger partial charge < -0.3 is 10.3 Å². The summed E-state index contributed by atoms with van der Waals surface area (Å²) in [4.78, 5) is 15.0. The lowest BCUT2D eigenvalue weighted by atomic mass is 10.1. The summed E-state index contributed by atoms with van der Waals surface area (Å²) < 4.78 is 13.1. The van der Waals surface area contributed by atoms with E-state index >= 15 is 0 Å². The maximum Gasteiger partial charge on any atom is 0.251 e. The summed E-state index contributed by atoms with van der Waals surface area (Å²) in [7, 11) is 0. The van der Waals surface area contributed by atoms with Crippen LogP contribution in [0.3, 0.4) is 0 Å². The highest BCUT2D eigenvalue weighted by Gasteiger charge is 2.06. The van der Waals surface area contributed by atoms with Gasteiger partial charge in [-0.15, -0.1) is 0 Å². The smallest absolute Gasteiger partial charge is 0.251 e. The Kier molecular flexibility index (Phi) is 3.69. The fraction of sp³-hybridized carbons (Fsp3) is 0.118. The van der Waals surface area contributed by atoms with Crippen molar-refractivity contribution in [2.45, 2.75) is 6.42 Å². The SMILES string of the molecule is O=C(NCCc1c[nH]c2cc(F)ccc12)c1ccccc1. The molecule has 0 fully saturated rings. The lowest BCUT2D eigenvalue weighted by Crippen LogP contribution is -2.25. The number of fused-ring (bicyclic) bond motifs is 1. The molecule has 0 unspecified atom stereocenters. The molecule has 2 aromatic carbocycles. The van der Waals surface area contributed by atoms with E-state index in [2.05, 4.69) is 10.3 Å². The number of rotatable bonds is 4. The Bertz CT molecular complexity index is 765. The van der Waals surface area contributed by atoms with Crippen LogP contribution >= 0.6 is 0 Å². The molecule has 3 aromatic rings. The largest absolute Gasteiger partial charge is 0.361 e. The Balaban J connectivity index is 1.63. The first kappa shape index (κ1) is 13.4. The molecule has 0 bridgehead atoms. The first-order chi connectivity index (χ1) is 10.2. The zero-order valence-corrected chi connectivity index (χ0v) is 11.4. The van der Waals surface area contributed by atoms with Gasteiger partial charge >= 0.3 is 0 Å². The van der Waals surface area contributed by atoms with Crippen LogP contribution in [0.4, 0.5) is 4.39 Å². The summed E-state index contributed by atoms with van der Waals surface area (Å²) >= 11 is 0. The summed E-state index contributed by atoms with van der Waals surface area (Å²) in [5.41, 5.74) is 2.50. The average Bonchev–Trinajstić information content (AvgIpc) is 2.90. The lowest BCUT2D eigenvalue weighted by molar-refractivity contribution is 0.0954. The van der Waals surface area contributed by atoms with Crippen LogP contribution < -0.4 is 5.32 Å². The predicted octanol–water partition coefficient (Wildman–Crippen LogP) is 3.28. The summed E-state index contributed by atoms with van der Waals surface area (Å²) in [6.07, 6.45) is 2.56. The van der Waals surface area contributed by atoms with Gasteiger partial charge in [-0.25, -0.2) is 4.39 Å². The molecule has 0 aliphatic carbocycles. The predicted molar refractivity (Wildman–Crippen MR) is 80.7 cm³/mol. The monoisotopic (exact) mass is 282 g/mol. The van der Waals surface area contributed by atoms with E-state index in [9.17, 15) is 9.18 Å². The van der Waals surface area contributed by atoms with Crippen molar-refractivity contribution in [2.75, 3.05) is 6.54 Å². The maximum atomic E-state index is 13.1. The molecule has 0 saturated carbocycles. The Hall–Kier alpha value is -2.62. The van der Waals surface area contributed by atoms with Crippen molar-refractivity contribution in [2.24, 2.45) is 0 Å². The van der Waals surface area contributed by atoms with Gasteiger partial charge in [-0.2, -0.15) is 0 Å². The Morgan fingerprint density at radius 1 is 1.14 bits per heavy atom. The van der Waals surface area contributed by atoms with Crippen molar-refractivity contribution in [3.8, 4) is 0 Å². The number of H-pyrrole nitrogens is 1. The van der Waals surface area contributed by atoms with Gasteiger partial charge in [-0.3, -0.25) is 4.79 Å². The first-order valence-corrected chi connectivity index (χ1v) is 6.83. The molecule has 0 aliphatic rings. The Morgan fingerprint density at radius 3 is 2.76 bits per heavy atom. The molecule has 0 aliphatic heterocycles. The minimum atomic E-state index is -0.256. The molecular formula is C17H15FN2O. The van der Waals surface area contributed by atoms with Gasteiger partial charge in [0.05, 0.1) is 0 Å². The van der Waals surface area contributed by atoms with Gasteiger partial charge in [-0.05, 0) is 42.3 Å². The van der Waals surface area contributed by atoms with Gasteiger partial charge in [0, 0.05) is 29.2 Å². The third kappa shape index (κ3) is 2.94. The van der Waals surface area contributed by atoms with Crippen molar-refractivity contribution in [1.82, 2.24) is 10.3 Å². The minimum absolute atomic E-state index is 0.0820. The molecule has 0 spiro atoms.